The molecule has 9 heteroatoms. The van der Waals surface area contributed by atoms with Gasteiger partial charge in [-0.15, -0.1) is 13.2 Å². The van der Waals surface area contributed by atoms with E-state index in [1.54, 1.807) is 22.0 Å². The molecule has 3 aliphatic rings. The highest BCUT2D eigenvalue weighted by atomic mass is 79.9. The summed E-state index contributed by atoms with van der Waals surface area (Å²) in [5, 5.41) is 9.27. The molecule has 0 aromatic heterocycles. The monoisotopic (exact) mass is 540 g/mol. The van der Waals surface area contributed by atoms with Crippen molar-refractivity contribution in [3.63, 3.8) is 0 Å². The van der Waals surface area contributed by atoms with E-state index in [-0.39, 0.29) is 29.9 Å². The standard InChI is InChI=1S/C25H37BrN2O6/c1-6-8-14-33-23(32)17-18-21(30)27(12-9-10-13-29)20(25(18)15-16(26)19(17)34-25)22(31)28(11-7-2)24(3,4)5/h6-7,16-20,29H,1-2,8-15H2,3-5H3/t16?,17-,18+,19-,20?,25?/m1/s1. The van der Waals surface area contributed by atoms with Crippen molar-refractivity contribution in [1.29, 1.82) is 0 Å². The van der Waals surface area contributed by atoms with Gasteiger partial charge in [-0.05, 0) is 46.5 Å². The number of carbonyl (C=O) groups excluding carboxylic acids is 3. The predicted molar refractivity (Wildman–Crippen MR) is 131 cm³/mol. The first-order valence-corrected chi connectivity index (χ1v) is 12.9. The molecule has 0 aliphatic carbocycles. The van der Waals surface area contributed by atoms with Crippen LogP contribution < -0.4 is 0 Å². The number of likely N-dealkylation sites (tertiary alicyclic amines) is 1. The van der Waals surface area contributed by atoms with Crippen LogP contribution in [0.25, 0.3) is 0 Å². The van der Waals surface area contributed by atoms with Gasteiger partial charge in [-0.25, -0.2) is 0 Å². The highest BCUT2D eigenvalue weighted by Crippen LogP contribution is 2.60. The second-order valence-electron chi connectivity index (χ2n) is 10.3. The Hall–Kier alpha value is -1.71. The Morgan fingerprint density at radius 2 is 2.03 bits per heavy atom. The van der Waals surface area contributed by atoms with Crippen molar-refractivity contribution in [3.05, 3.63) is 25.3 Å². The van der Waals surface area contributed by atoms with Crippen molar-refractivity contribution in [2.75, 3.05) is 26.3 Å². The van der Waals surface area contributed by atoms with Gasteiger partial charge in [-0.3, -0.25) is 14.4 Å². The lowest BCUT2D eigenvalue weighted by atomic mass is 9.70. The van der Waals surface area contributed by atoms with E-state index < -0.39 is 41.1 Å². The Labute approximate surface area is 210 Å². The maximum absolute atomic E-state index is 14.1. The molecule has 1 N–H and O–H groups in total. The molecule has 3 rings (SSSR count). The molecule has 0 saturated carbocycles. The molecule has 2 amide bonds. The van der Waals surface area contributed by atoms with Crippen LogP contribution in [0, 0.1) is 11.8 Å². The number of rotatable bonds is 11. The SMILES string of the molecule is C=CCCOC(=O)[C@H]1[C@@H]2OC3(CC2Br)C(C(=O)N(CC=C)C(C)(C)C)N(CCCCO)C(=O)[C@H]13. The number of amides is 2. The lowest BCUT2D eigenvalue weighted by molar-refractivity contribution is -0.155. The number of hydrogen-bond donors (Lipinski definition) is 1. The van der Waals surface area contributed by atoms with Crippen molar-refractivity contribution in [2.45, 2.75) is 74.6 Å². The summed E-state index contributed by atoms with van der Waals surface area (Å²) in [7, 11) is 0. The molecule has 1 spiro atoms. The molecule has 0 radical (unpaired) electrons. The molecule has 3 fully saturated rings. The third-order valence-electron chi connectivity index (χ3n) is 7.06. The second kappa shape index (κ2) is 10.5. The van der Waals surface area contributed by atoms with Gasteiger partial charge in [0.2, 0.25) is 11.8 Å². The van der Waals surface area contributed by atoms with E-state index in [4.69, 9.17) is 9.47 Å². The van der Waals surface area contributed by atoms with E-state index in [2.05, 4.69) is 29.1 Å². The van der Waals surface area contributed by atoms with Gasteiger partial charge in [0.05, 0.1) is 24.5 Å². The van der Waals surface area contributed by atoms with Crippen LogP contribution in [0.1, 0.15) is 46.5 Å². The van der Waals surface area contributed by atoms with Crippen molar-refractivity contribution in [3.8, 4) is 0 Å². The van der Waals surface area contributed by atoms with Crippen molar-refractivity contribution < 1.29 is 29.0 Å². The lowest BCUT2D eigenvalue weighted by Gasteiger charge is -2.42. The Balaban J connectivity index is 2.02. The first kappa shape index (κ1) is 26.9. The summed E-state index contributed by atoms with van der Waals surface area (Å²) in [5.74, 6) is -2.50. The van der Waals surface area contributed by atoms with Gasteiger partial charge >= 0.3 is 5.97 Å². The average Bonchev–Trinajstić information content (AvgIpc) is 3.35. The summed E-state index contributed by atoms with van der Waals surface area (Å²) in [4.78, 5) is 44.1. The Morgan fingerprint density at radius 1 is 1.32 bits per heavy atom. The minimum Gasteiger partial charge on any atom is -0.465 e. The molecule has 0 aromatic carbocycles. The number of aliphatic hydroxyl groups is 1. The van der Waals surface area contributed by atoms with Crippen LogP contribution in [0.3, 0.4) is 0 Å². The zero-order valence-electron chi connectivity index (χ0n) is 20.4. The molecule has 3 aliphatic heterocycles. The van der Waals surface area contributed by atoms with Crippen LogP contribution in [0.5, 0.6) is 0 Å². The van der Waals surface area contributed by atoms with E-state index in [1.165, 1.54) is 0 Å². The number of nitrogens with zero attached hydrogens (tertiary/aromatic N) is 2. The maximum atomic E-state index is 14.1. The molecular formula is C25H37BrN2O6. The molecule has 2 bridgehead atoms. The highest BCUT2D eigenvalue weighted by molar-refractivity contribution is 9.09. The minimum absolute atomic E-state index is 0.0000970. The van der Waals surface area contributed by atoms with Gasteiger partial charge < -0.3 is 24.4 Å². The molecule has 8 nitrogen and oxygen atoms in total. The number of hydrogen-bond acceptors (Lipinski definition) is 6. The molecule has 190 valence electrons. The summed E-state index contributed by atoms with van der Waals surface area (Å²) >= 11 is 3.65. The lowest BCUT2D eigenvalue weighted by Crippen LogP contribution is -2.60. The van der Waals surface area contributed by atoms with Crippen LogP contribution in [0.15, 0.2) is 25.3 Å². The zero-order valence-corrected chi connectivity index (χ0v) is 22.0. The Morgan fingerprint density at radius 3 is 2.62 bits per heavy atom. The molecule has 6 atom stereocenters. The van der Waals surface area contributed by atoms with E-state index in [0.29, 0.717) is 38.8 Å². The van der Waals surface area contributed by atoms with Crippen molar-refractivity contribution >= 4 is 33.7 Å². The number of aliphatic hydroxyl groups excluding tert-OH is 1. The molecular weight excluding hydrogens is 504 g/mol. The smallest absolute Gasteiger partial charge is 0.312 e. The maximum Gasteiger partial charge on any atom is 0.312 e. The van der Waals surface area contributed by atoms with Crippen molar-refractivity contribution in [1.82, 2.24) is 9.80 Å². The third kappa shape index (κ3) is 4.58. The largest absolute Gasteiger partial charge is 0.465 e. The first-order chi connectivity index (χ1) is 16.0. The zero-order chi connectivity index (χ0) is 25.3. The van der Waals surface area contributed by atoms with Crippen LogP contribution in [-0.4, -0.2) is 87.1 Å². The molecule has 34 heavy (non-hydrogen) atoms. The summed E-state index contributed by atoms with van der Waals surface area (Å²) in [6.45, 7) is 14.1. The number of esters is 1. The average molecular weight is 541 g/mol. The van der Waals surface area contributed by atoms with Gasteiger partial charge in [0, 0.05) is 30.1 Å². The predicted octanol–water partition coefficient (Wildman–Crippen LogP) is 2.44. The van der Waals surface area contributed by atoms with E-state index in [0.717, 1.165) is 0 Å². The van der Waals surface area contributed by atoms with Crippen LogP contribution in [0.2, 0.25) is 0 Å². The number of halogens is 1. The Bertz CT molecular complexity index is 827. The van der Waals surface area contributed by atoms with Gasteiger partial charge in [0.25, 0.3) is 0 Å². The summed E-state index contributed by atoms with van der Waals surface area (Å²) in [6, 6.07) is -0.862. The van der Waals surface area contributed by atoms with Crippen LogP contribution in [-0.2, 0) is 23.9 Å². The Kier molecular flexibility index (Phi) is 8.30. The molecule has 3 heterocycles. The minimum atomic E-state index is -1.11. The highest BCUT2D eigenvalue weighted by Gasteiger charge is 2.77. The summed E-state index contributed by atoms with van der Waals surface area (Å²) < 4.78 is 11.9. The number of ether oxygens (including phenoxy) is 2. The van der Waals surface area contributed by atoms with Gasteiger partial charge in [0.15, 0.2) is 0 Å². The quantitative estimate of drug-likeness (QED) is 0.187. The van der Waals surface area contributed by atoms with Gasteiger partial charge in [-0.2, -0.15) is 0 Å². The number of fused-ring (bicyclic) bond motifs is 1. The van der Waals surface area contributed by atoms with Crippen LogP contribution >= 0.6 is 15.9 Å². The van der Waals surface area contributed by atoms with E-state index in [1.807, 2.05) is 20.8 Å². The fraction of sp³-hybridized carbons (Fsp3) is 0.720. The normalized spacial score (nSPS) is 32.0. The molecule has 0 aromatic rings. The molecule has 3 saturated heterocycles. The summed E-state index contributed by atoms with van der Waals surface area (Å²) in [6.07, 6.45) is 4.81. The topological polar surface area (TPSA) is 96.4 Å². The van der Waals surface area contributed by atoms with Crippen molar-refractivity contribution in [2.24, 2.45) is 11.8 Å². The number of alkyl halides is 1. The second-order valence-corrected chi connectivity index (χ2v) is 11.5. The number of carbonyl (C=O) groups is 3. The van der Waals surface area contributed by atoms with Gasteiger partial charge in [0.1, 0.15) is 11.6 Å². The van der Waals surface area contributed by atoms with Gasteiger partial charge in [-0.1, -0.05) is 28.1 Å². The van der Waals surface area contributed by atoms with Crippen LogP contribution in [0.4, 0.5) is 0 Å². The molecule has 3 unspecified atom stereocenters. The fourth-order valence-corrected chi connectivity index (χ4v) is 6.57. The van der Waals surface area contributed by atoms with E-state index in [9.17, 15) is 19.5 Å². The van der Waals surface area contributed by atoms with E-state index >= 15 is 0 Å². The number of unbranched alkanes of at least 4 members (excludes halogenated alkanes) is 1. The third-order valence-corrected chi connectivity index (χ3v) is 7.90. The summed E-state index contributed by atoms with van der Waals surface area (Å²) in [5.41, 5.74) is -1.62. The first-order valence-electron chi connectivity index (χ1n) is 12.0. The fourth-order valence-electron chi connectivity index (χ4n) is 5.62.